The fraction of sp³-hybridized carbons (Fsp3) is 0.286. The normalized spacial score (nSPS) is 23.5. The van der Waals surface area contributed by atoms with Crippen LogP contribution in [-0.2, 0) is 21.2 Å². The first kappa shape index (κ1) is 23.9. The summed E-state index contributed by atoms with van der Waals surface area (Å²) in [6, 6.07) is 6.71. The van der Waals surface area contributed by atoms with Gasteiger partial charge >= 0.3 is 0 Å². The third-order valence-corrected chi connectivity index (χ3v) is 8.77. The molecule has 0 saturated carbocycles. The SMILES string of the molecule is C=S1(=O)NC(c2ccc(-c3cnn(CCO)c3)s2)CC(C(=O)Nc2ccc(F)c(Cl)c2)N1C. The Morgan fingerprint density at radius 1 is 1.45 bits per heavy atom. The summed E-state index contributed by atoms with van der Waals surface area (Å²) in [5, 5.41) is 15.9. The molecule has 3 atom stereocenters. The molecule has 33 heavy (non-hydrogen) atoms. The van der Waals surface area contributed by atoms with E-state index in [-0.39, 0.29) is 23.6 Å². The van der Waals surface area contributed by atoms with Crippen molar-refractivity contribution in [2.45, 2.75) is 25.0 Å². The number of benzene rings is 1. The largest absolute Gasteiger partial charge is 0.394 e. The lowest BCUT2D eigenvalue weighted by Gasteiger charge is -2.39. The van der Waals surface area contributed by atoms with Crippen molar-refractivity contribution in [2.24, 2.45) is 0 Å². The molecule has 3 aromatic rings. The Hall–Kier alpha value is -2.28. The van der Waals surface area contributed by atoms with Gasteiger partial charge in [0.1, 0.15) is 11.9 Å². The van der Waals surface area contributed by atoms with E-state index in [1.807, 2.05) is 18.3 Å². The number of amides is 1. The fourth-order valence-electron chi connectivity index (χ4n) is 3.59. The Bertz CT molecular complexity index is 1280. The van der Waals surface area contributed by atoms with E-state index in [9.17, 15) is 13.4 Å². The standard InChI is InChI=1S/C21H23ClFN5O3S2/c1-27-18(21(30)25-14-3-4-16(23)15(22)9-14)10-17(26-33(27,2)31)20-6-5-19(32-20)13-11-24-28(12-13)7-8-29/h3-6,9,11-12,17-18,29H,2,7-8,10H2,1H3,(H,25,30)(H,26,31). The van der Waals surface area contributed by atoms with Crippen LogP contribution in [-0.4, -0.2) is 54.9 Å². The minimum atomic E-state index is -2.92. The van der Waals surface area contributed by atoms with Crippen molar-refractivity contribution in [3.8, 4) is 10.4 Å². The predicted molar refractivity (Wildman–Crippen MR) is 130 cm³/mol. The lowest BCUT2D eigenvalue weighted by molar-refractivity contribution is -0.120. The molecule has 176 valence electrons. The van der Waals surface area contributed by atoms with Crippen molar-refractivity contribution in [3.05, 3.63) is 58.4 Å². The summed E-state index contributed by atoms with van der Waals surface area (Å²) in [6.07, 6.45) is 3.93. The van der Waals surface area contributed by atoms with Crippen molar-refractivity contribution in [1.82, 2.24) is 18.8 Å². The number of thiophene rings is 1. The van der Waals surface area contributed by atoms with E-state index in [1.54, 1.807) is 17.9 Å². The van der Waals surface area contributed by atoms with Crippen LogP contribution in [0.25, 0.3) is 10.4 Å². The van der Waals surface area contributed by atoms with E-state index in [4.69, 9.17) is 16.7 Å². The number of halogens is 2. The number of aromatic nitrogens is 2. The molecule has 1 saturated heterocycles. The number of hydrogen-bond donors (Lipinski definition) is 3. The van der Waals surface area contributed by atoms with Crippen molar-refractivity contribution in [3.63, 3.8) is 0 Å². The highest BCUT2D eigenvalue weighted by atomic mass is 35.5. The molecular weight excluding hydrogens is 489 g/mol. The minimum absolute atomic E-state index is 0.00175. The smallest absolute Gasteiger partial charge is 0.242 e. The highest BCUT2D eigenvalue weighted by molar-refractivity contribution is 7.96. The van der Waals surface area contributed by atoms with E-state index in [0.717, 1.165) is 15.3 Å². The zero-order valence-corrected chi connectivity index (χ0v) is 20.1. The van der Waals surface area contributed by atoms with Crippen molar-refractivity contribution in [2.75, 3.05) is 19.0 Å². The van der Waals surface area contributed by atoms with Gasteiger partial charge in [-0.05, 0) is 42.6 Å². The molecule has 0 aliphatic carbocycles. The molecule has 0 bridgehead atoms. The highest BCUT2D eigenvalue weighted by Gasteiger charge is 2.38. The summed E-state index contributed by atoms with van der Waals surface area (Å²) in [6.45, 7) is 0.413. The summed E-state index contributed by atoms with van der Waals surface area (Å²) < 4.78 is 32.7. The quantitative estimate of drug-likeness (QED) is 0.443. The molecule has 0 radical (unpaired) electrons. The molecule has 3 N–H and O–H groups in total. The second kappa shape index (κ2) is 9.53. The number of aliphatic hydroxyl groups excluding tert-OH is 1. The Balaban J connectivity index is 1.54. The van der Waals surface area contributed by atoms with Gasteiger partial charge in [0.15, 0.2) is 0 Å². The third kappa shape index (κ3) is 5.13. The van der Waals surface area contributed by atoms with Crippen LogP contribution < -0.4 is 10.0 Å². The first-order valence-electron chi connectivity index (χ1n) is 10.0. The van der Waals surface area contributed by atoms with Gasteiger partial charge in [0.2, 0.25) is 5.91 Å². The van der Waals surface area contributed by atoms with Crippen LogP contribution in [0.4, 0.5) is 10.1 Å². The molecule has 1 aliphatic rings. The van der Waals surface area contributed by atoms with Crippen LogP contribution in [0.5, 0.6) is 0 Å². The van der Waals surface area contributed by atoms with Crippen LogP contribution in [0.3, 0.4) is 0 Å². The Kier molecular flexibility index (Phi) is 6.89. The number of likely N-dealkylation sites (N-methyl/N-ethyl adjacent to an activating group) is 1. The van der Waals surface area contributed by atoms with Crippen molar-refractivity contribution >= 4 is 50.3 Å². The Morgan fingerprint density at radius 3 is 2.97 bits per heavy atom. The van der Waals surface area contributed by atoms with Crippen molar-refractivity contribution in [1.29, 1.82) is 0 Å². The Labute approximate surface area is 200 Å². The molecule has 3 heterocycles. The maximum atomic E-state index is 13.4. The van der Waals surface area contributed by atoms with Crippen LogP contribution in [0.2, 0.25) is 5.02 Å². The van der Waals surface area contributed by atoms with Crippen LogP contribution in [0.1, 0.15) is 17.3 Å². The van der Waals surface area contributed by atoms with Gasteiger partial charge in [0, 0.05) is 34.2 Å². The fourth-order valence-corrected chi connectivity index (χ4v) is 6.32. The summed E-state index contributed by atoms with van der Waals surface area (Å²) in [4.78, 5) is 14.9. The average molecular weight is 512 g/mol. The van der Waals surface area contributed by atoms with Crippen LogP contribution in [0.15, 0.2) is 42.7 Å². The third-order valence-electron chi connectivity index (χ3n) is 5.40. The molecule has 12 heteroatoms. The number of nitrogens with one attached hydrogen (secondary N) is 2. The van der Waals surface area contributed by atoms with Gasteiger partial charge < -0.3 is 10.4 Å². The van der Waals surface area contributed by atoms with Gasteiger partial charge in [-0.3, -0.25) is 9.48 Å². The summed E-state index contributed by atoms with van der Waals surface area (Å²) in [5.41, 5.74) is 1.26. The molecule has 1 aliphatic heterocycles. The molecule has 1 aromatic carbocycles. The molecule has 1 amide bonds. The number of anilines is 1. The number of nitrogens with zero attached hydrogens (tertiary/aromatic N) is 3. The maximum Gasteiger partial charge on any atom is 0.242 e. The second-order valence-electron chi connectivity index (χ2n) is 7.64. The lowest BCUT2D eigenvalue weighted by Crippen LogP contribution is -2.55. The average Bonchev–Trinajstić information content (AvgIpc) is 3.42. The number of rotatable bonds is 6. The van der Waals surface area contributed by atoms with Gasteiger partial charge in [-0.1, -0.05) is 11.6 Å². The van der Waals surface area contributed by atoms with Gasteiger partial charge in [-0.15, -0.1) is 11.3 Å². The van der Waals surface area contributed by atoms with Gasteiger partial charge in [0.05, 0.1) is 40.3 Å². The maximum absolute atomic E-state index is 13.4. The first-order valence-corrected chi connectivity index (χ1v) is 12.9. The first-order chi connectivity index (χ1) is 15.7. The molecule has 3 unspecified atom stereocenters. The number of aliphatic hydroxyl groups is 1. The van der Waals surface area contributed by atoms with Crippen LogP contribution >= 0.6 is 22.9 Å². The zero-order valence-electron chi connectivity index (χ0n) is 17.7. The van der Waals surface area contributed by atoms with Crippen molar-refractivity contribution < 1.29 is 18.5 Å². The van der Waals surface area contributed by atoms with E-state index in [1.165, 1.54) is 33.8 Å². The topological polar surface area (TPSA) is 99.5 Å². The van der Waals surface area contributed by atoms with E-state index < -0.39 is 21.8 Å². The van der Waals surface area contributed by atoms with Crippen LogP contribution in [0, 0.1) is 5.82 Å². The molecule has 1 fully saturated rings. The summed E-state index contributed by atoms with van der Waals surface area (Å²) in [7, 11) is -1.34. The van der Waals surface area contributed by atoms with E-state index in [0.29, 0.717) is 18.7 Å². The second-order valence-corrected chi connectivity index (χ2v) is 11.3. The molecule has 0 spiro atoms. The number of carbonyl (C=O) groups is 1. The predicted octanol–water partition coefficient (Wildman–Crippen LogP) is 2.92. The number of hydrogen-bond acceptors (Lipinski definition) is 5. The summed E-state index contributed by atoms with van der Waals surface area (Å²) in [5.74, 6) is 2.84. The lowest BCUT2D eigenvalue weighted by atomic mass is 10.1. The van der Waals surface area contributed by atoms with E-state index in [2.05, 4.69) is 21.0 Å². The summed E-state index contributed by atoms with van der Waals surface area (Å²) >= 11 is 7.32. The molecule has 4 rings (SSSR count). The zero-order chi connectivity index (χ0) is 23.8. The number of carbonyl (C=O) groups excluding carboxylic acids is 1. The monoisotopic (exact) mass is 511 g/mol. The van der Waals surface area contributed by atoms with Gasteiger partial charge in [-0.25, -0.2) is 17.6 Å². The van der Waals surface area contributed by atoms with E-state index >= 15 is 0 Å². The van der Waals surface area contributed by atoms with Gasteiger partial charge in [-0.2, -0.15) is 5.10 Å². The minimum Gasteiger partial charge on any atom is -0.394 e. The Morgan fingerprint density at radius 2 is 2.24 bits per heavy atom. The molecular formula is C21H23ClFN5O3S2. The molecule has 2 aromatic heterocycles. The highest BCUT2D eigenvalue weighted by Crippen LogP contribution is 2.36. The van der Waals surface area contributed by atoms with Gasteiger partial charge in [0.25, 0.3) is 0 Å². The molecule has 8 nitrogen and oxygen atoms in total.